The van der Waals surface area contributed by atoms with Crippen LogP contribution < -0.4 is 10.1 Å². The van der Waals surface area contributed by atoms with Crippen molar-refractivity contribution in [3.05, 3.63) is 66.0 Å². The van der Waals surface area contributed by atoms with Gasteiger partial charge in [0.25, 0.3) is 0 Å². The van der Waals surface area contributed by atoms with E-state index in [1.54, 1.807) is 25.3 Å². The Morgan fingerprint density at radius 2 is 2.00 bits per heavy atom. The van der Waals surface area contributed by atoms with Gasteiger partial charge in [-0.1, -0.05) is 11.6 Å². The van der Waals surface area contributed by atoms with Crippen LogP contribution in [0.15, 0.2) is 54.9 Å². The maximum absolute atomic E-state index is 12.1. The number of hydrogen-bond acceptors (Lipinski definition) is 5. The van der Waals surface area contributed by atoms with E-state index in [4.69, 9.17) is 4.74 Å². The van der Waals surface area contributed by atoms with Gasteiger partial charge in [-0.3, -0.25) is 4.79 Å². The van der Waals surface area contributed by atoms with Crippen molar-refractivity contribution in [2.24, 2.45) is 0 Å². The molecule has 0 spiro atoms. The van der Waals surface area contributed by atoms with Crippen LogP contribution in [-0.2, 0) is 4.79 Å². The summed E-state index contributed by atoms with van der Waals surface area (Å²) in [6, 6.07) is 13.0. The monoisotopic (exact) mass is 335 g/mol. The topological polar surface area (TPSA) is 81.9 Å². The molecule has 1 amide bonds. The van der Waals surface area contributed by atoms with Crippen molar-refractivity contribution in [3.63, 3.8) is 0 Å². The number of tetrazole rings is 1. The minimum absolute atomic E-state index is 0.223. The summed E-state index contributed by atoms with van der Waals surface area (Å²) in [6.07, 6.45) is 4.72. The highest BCUT2D eigenvalue weighted by atomic mass is 16.5. The maximum atomic E-state index is 12.1. The van der Waals surface area contributed by atoms with Crippen molar-refractivity contribution in [2.45, 2.75) is 6.92 Å². The second-order valence-electron chi connectivity index (χ2n) is 5.37. The van der Waals surface area contributed by atoms with Crippen molar-refractivity contribution < 1.29 is 9.53 Å². The number of rotatable bonds is 5. The summed E-state index contributed by atoms with van der Waals surface area (Å²) in [4.78, 5) is 12.1. The highest BCUT2D eigenvalue weighted by Gasteiger charge is 2.03. The van der Waals surface area contributed by atoms with E-state index in [-0.39, 0.29) is 5.91 Å². The van der Waals surface area contributed by atoms with Crippen LogP contribution in [0.5, 0.6) is 5.75 Å². The molecule has 1 aromatic heterocycles. The molecule has 25 heavy (non-hydrogen) atoms. The van der Waals surface area contributed by atoms with E-state index >= 15 is 0 Å². The van der Waals surface area contributed by atoms with Crippen molar-refractivity contribution in [1.82, 2.24) is 20.2 Å². The van der Waals surface area contributed by atoms with Gasteiger partial charge in [0.1, 0.15) is 12.1 Å². The third-order valence-corrected chi connectivity index (χ3v) is 3.55. The van der Waals surface area contributed by atoms with Crippen LogP contribution in [0.2, 0.25) is 0 Å². The third-order valence-electron chi connectivity index (χ3n) is 3.55. The smallest absolute Gasteiger partial charge is 0.248 e. The van der Waals surface area contributed by atoms with E-state index in [2.05, 4.69) is 20.8 Å². The van der Waals surface area contributed by atoms with Gasteiger partial charge in [0.2, 0.25) is 5.91 Å². The molecule has 0 aliphatic heterocycles. The molecule has 0 atom stereocenters. The molecular weight excluding hydrogens is 318 g/mol. The average Bonchev–Trinajstić information content (AvgIpc) is 3.15. The summed E-state index contributed by atoms with van der Waals surface area (Å²) in [6.45, 7) is 1.99. The molecule has 0 aliphatic carbocycles. The largest absolute Gasteiger partial charge is 0.496 e. The third kappa shape index (κ3) is 4.08. The van der Waals surface area contributed by atoms with Gasteiger partial charge in [0.05, 0.1) is 12.8 Å². The number of carbonyl (C=O) groups is 1. The lowest BCUT2D eigenvalue weighted by Crippen LogP contribution is -2.07. The number of methoxy groups -OCH3 is 1. The molecule has 0 bridgehead atoms. The average molecular weight is 335 g/mol. The normalized spacial score (nSPS) is 10.8. The Morgan fingerprint density at radius 1 is 1.20 bits per heavy atom. The van der Waals surface area contributed by atoms with Crippen molar-refractivity contribution >= 4 is 17.7 Å². The molecule has 0 saturated heterocycles. The van der Waals surface area contributed by atoms with Crippen LogP contribution in [0.3, 0.4) is 0 Å². The number of hydrogen-bond donors (Lipinski definition) is 1. The summed E-state index contributed by atoms with van der Waals surface area (Å²) < 4.78 is 6.84. The van der Waals surface area contributed by atoms with E-state index < -0.39 is 0 Å². The zero-order chi connectivity index (χ0) is 17.6. The van der Waals surface area contributed by atoms with Gasteiger partial charge in [-0.05, 0) is 59.8 Å². The Balaban J connectivity index is 1.67. The Kier molecular flexibility index (Phi) is 4.84. The van der Waals surface area contributed by atoms with Crippen molar-refractivity contribution in [2.75, 3.05) is 12.4 Å². The molecule has 2 aromatic carbocycles. The summed E-state index contributed by atoms with van der Waals surface area (Å²) in [5.74, 6) is 0.499. The number of amides is 1. The molecule has 0 fully saturated rings. The van der Waals surface area contributed by atoms with Crippen LogP contribution in [0, 0.1) is 6.92 Å². The first kappa shape index (κ1) is 16.4. The molecule has 126 valence electrons. The Labute approximate surface area is 144 Å². The number of benzene rings is 2. The molecule has 0 radical (unpaired) electrons. The minimum atomic E-state index is -0.223. The van der Waals surface area contributed by atoms with E-state index in [0.29, 0.717) is 5.69 Å². The molecule has 3 aromatic rings. The van der Waals surface area contributed by atoms with Crippen molar-refractivity contribution in [1.29, 1.82) is 0 Å². The van der Waals surface area contributed by atoms with Gasteiger partial charge >= 0.3 is 0 Å². The number of aryl methyl sites for hydroxylation is 1. The van der Waals surface area contributed by atoms with Crippen LogP contribution >= 0.6 is 0 Å². The highest BCUT2D eigenvalue weighted by molar-refractivity contribution is 6.02. The molecule has 1 N–H and O–H groups in total. The SMILES string of the molecule is COc1ccc(C)cc1C=CC(=O)Nc1ccc(-n2cnnn2)cc1. The van der Waals surface area contributed by atoms with E-state index in [0.717, 1.165) is 22.6 Å². The van der Waals surface area contributed by atoms with E-state index in [1.807, 2.05) is 37.3 Å². The number of nitrogens with one attached hydrogen (secondary N) is 1. The highest BCUT2D eigenvalue weighted by Crippen LogP contribution is 2.21. The Hall–Kier alpha value is -3.48. The number of aromatic nitrogens is 4. The second kappa shape index (κ2) is 7.39. The molecule has 0 aliphatic rings. The number of ether oxygens (including phenoxy) is 1. The predicted octanol–water partition coefficient (Wildman–Crippen LogP) is 2.63. The molecule has 0 unspecified atom stereocenters. The first-order valence-electron chi connectivity index (χ1n) is 7.63. The molecule has 3 rings (SSSR count). The number of anilines is 1. The van der Waals surface area contributed by atoms with E-state index in [9.17, 15) is 4.79 Å². The van der Waals surface area contributed by atoms with Crippen LogP contribution in [0.1, 0.15) is 11.1 Å². The van der Waals surface area contributed by atoms with Crippen LogP contribution in [0.25, 0.3) is 11.8 Å². The quantitative estimate of drug-likeness (QED) is 0.725. The maximum Gasteiger partial charge on any atom is 0.248 e. The van der Waals surface area contributed by atoms with Gasteiger partial charge in [-0.15, -0.1) is 5.10 Å². The first-order chi connectivity index (χ1) is 12.2. The first-order valence-corrected chi connectivity index (χ1v) is 7.63. The van der Waals surface area contributed by atoms with Crippen LogP contribution in [0.4, 0.5) is 5.69 Å². The lowest BCUT2D eigenvalue weighted by molar-refractivity contribution is -0.111. The summed E-state index contributed by atoms with van der Waals surface area (Å²) >= 11 is 0. The van der Waals surface area contributed by atoms with Gasteiger partial charge in [0.15, 0.2) is 0 Å². The molecule has 7 nitrogen and oxygen atoms in total. The zero-order valence-corrected chi connectivity index (χ0v) is 13.9. The van der Waals surface area contributed by atoms with Crippen molar-refractivity contribution in [3.8, 4) is 11.4 Å². The fourth-order valence-electron chi connectivity index (χ4n) is 2.31. The fraction of sp³-hybridized carbons (Fsp3) is 0.111. The Morgan fingerprint density at radius 3 is 2.68 bits per heavy atom. The lowest BCUT2D eigenvalue weighted by Gasteiger charge is -2.06. The fourth-order valence-corrected chi connectivity index (χ4v) is 2.31. The number of nitrogens with zero attached hydrogens (tertiary/aromatic N) is 4. The predicted molar refractivity (Wildman–Crippen MR) is 94.5 cm³/mol. The van der Waals surface area contributed by atoms with Gasteiger partial charge in [-0.2, -0.15) is 0 Å². The van der Waals surface area contributed by atoms with Crippen LogP contribution in [-0.4, -0.2) is 33.2 Å². The summed E-state index contributed by atoms with van der Waals surface area (Å²) in [5, 5.41) is 13.8. The van der Waals surface area contributed by atoms with Gasteiger partial charge < -0.3 is 10.1 Å². The van der Waals surface area contributed by atoms with Gasteiger partial charge in [-0.25, -0.2) is 4.68 Å². The minimum Gasteiger partial charge on any atom is -0.496 e. The Bertz CT molecular complexity index is 886. The zero-order valence-electron chi connectivity index (χ0n) is 13.9. The lowest BCUT2D eigenvalue weighted by atomic mass is 10.1. The number of carbonyl (C=O) groups excluding carboxylic acids is 1. The standard InChI is InChI=1S/C18H17N5O2/c1-13-3-9-17(25-2)14(11-13)4-10-18(24)20-15-5-7-16(8-6-15)23-12-19-21-22-23/h3-12H,1-2H3,(H,20,24). The summed E-state index contributed by atoms with van der Waals surface area (Å²) in [7, 11) is 1.61. The molecule has 1 heterocycles. The summed E-state index contributed by atoms with van der Waals surface area (Å²) in [5.41, 5.74) is 3.44. The van der Waals surface area contributed by atoms with Gasteiger partial charge in [0, 0.05) is 17.3 Å². The molecular formula is C18H17N5O2. The molecule has 7 heteroatoms. The second-order valence-corrected chi connectivity index (χ2v) is 5.37. The van der Waals surface area contributed by atoms with E-state index in [1.165, 1.54) is 17.1 Å². The molecule has 0 saturated carbocycles.